The predicted molar refractivity (Wildman–Crippen MR) is 51.4 cm³/mol. The van der Waals surface area contributed by atoms with Gasteiger partial charge in [0.2, 0.25) is 0 Å². The summed E-state index contributed by atoms with van der Waals surface area (Å²) in [6.45, 7) is 0. The summed E-state index contributed by atoms with van der Waals surface area (Å²) in [7, 11) is 0.870. The van der Waals surface area contributed by atoms with Gasteiger partial charge in [0, 0.05) is 10.2 Å². The third kappa shape index (κ3) is 1.63. The Morgan fingerprint density at radius 3 is 1.80 bits per heavy atom. The first-order valence-corrected chi connectivity index (χ1v) is 5.66. The maximum absolute atomic E-state index is 6.16. The van der Waals surface area contributed by atoms with Crippen LogP contribution in [0.1, 0.15) is 25.7 Å². The molecule has 0 aromatic rings. The van der Waals surface area contributed by atoms with Crippen molar-refractivity contribution in [1.82, 2.24) is 0 Å². The first-order valence-electron chi connectivity index (χ1n) is 3.52. The van der Waals surface area contributed by atoms with Gasteiger partial charge in [0.15, 0.2) is 0 Å². The molecule has 4 heteroatoms. The largest absolute Gasteiger partial charge is 0.133 e. The molecule has 0 spiro atoms. The van der Waals surface area contributed by atoms with Crippen molar-refractivity contribution < 1.29 is 0 Å². The lowest BCUT2D eigenvalue weighted by atomic mass is 9.98. The van der Waals surface area contributed by atoms with Gasteiger partial charge in [-0.15, -0.1) is 34.8 Å². The van der Waals surface area contributed by atoms with Crippen LogP contribution in [-0.4, -0.2) is 19.1 Å². The van der Waals surface area contributed by atoms with Crippen molar-refractivity contribution in [2.45, 2.75) is 34.5 Å². The number of alkyl halides is 3. The van der Waals surface area contributed by atoms with Gasteiger partial charge in [0.05, 0.1) is 4.50 Å². The second-order valence-corrected chi connectivity index (χ2v) is 7.77. The van der Waals surface area contributed by atoms with Crippen LogP contribution in [0.2, 0.25) is 0 Å². The molecule has 1 fully saturated rings. The van der Waals surface area contributed by atoms with Crippen LogP contribution in [-0.2, 0) is 0 Å². The van der Waals surface area contributed by atoms with Crippen molar-refractivity contribution in [2.75, 3.05) is 0 Å². The second-order valence-electron chi connectivity index (χ2n) is 3.11. The van der Waals surface area contributed by atoms with Gasteiger partial charge in [0.1, 0.15) is 4.33 Å². The Balaban J connectivity index is 2.70. The molecule has 10 heavy (non-hydrogen) atoms. The molecule has 1 saturated carbocycles. The van der Waals surface area contributed by atoms with Crippen LogP contribution in [0.4, 0.5) is 0 Å². The summed E-state index contributed by atoms with van der Waals surface area (Å²) in [5, 5.41) is 0. The van der Waals surface area contributed by atoms with Gasteiger partial charge in [-0.25, -0.2) is 0 Å². The van der Waals surface area contributed by atoms with Crippen LogP contribution in [0.3, 0.4) is 0 Å². The van der Waals surface area contributed by atoms with Crippen LogP contribution in [0.5, 0.6) is 0 Å². The Hall–Kier alpha value is 1.09. The molecule has 0 nitrogen and oxygen atoms in total. The van der Waals surface area contributed by atoms with Crippen molar-refractivity contribution in [3.05, 3.63) is 0 Å². The molecule has 1 atom stereocenters. The van der Waals surface area contributed by atoms with E-state index in [4.69, 9.17) is 34.8 Å². The van der Waals surface area contributed by atoms with E-state index in [1.165, 1.54) is 6.42 Å². The maximum atomic E-state index is 6.16. The molecule has 1 aliphatic rings. The SMILES string of the molecule is [SiH3]C1(Cl)CCCCC1(Cl)Cl. The van der Waals surface area contributed by atoms with E-state index in [1.807, 2.05) is 0 Å². The zero-order chi connectivity index (χ0) is 7.83. The van der Waals surface area contributed by atoms with Crippen molar-refractivity contribution in [3.8, 4) is 0 Å². The van der Waals surface area contributed by atoms with Gasteiger partial charge in [0.25, 0.3) is 0 Å². The van der Waals surface area contributed by atoms with Crippen LogP contribution in [0, 0.1) is 0 Å². The molecule has 0 amide bonds. The van der Waals surface area contributed by atoms with Crippen LogP contribution in [0.25, 0.3) is 0 Å². The van der Waals surface area contributed by atoms with E-state index in [0.29, 0.717) is 0 Å². The number of hydrogen-bond acceptors (Lipinski definition) is 0. The summed E-state index contributed by atoms with van der Waals surface area (Å²) >= 11 is 18.2. The van der Waals surface area contributed by atoms with Gasteiger partial charge in [-0.1, -0.05) is 12.8 Å². The topological polar surface area (TPSA) is 0 Å². The van der Waals surface area contributed by atoms with Gasteiger partial charge in [-0.05, 0) is 12.8 Å². The average Bonchev–Trinajstić information content (AvgIpc) is 1.77. The van der Waals surface area contributed by atoms with Gasteiger partial charge in [-0.2, -0.15) is 0 Å². The predicted octanol–water partition coefficient (Wildman–Crippen LogP) is 2.03. The standard InChI is InChI=1S/C6H11Cl3Si/c7-5(8)3-1-2-4-6(5,9)10/h1-4H2,10H3. The summed E-state index contributed by atoms with van der Waals surface area (Å²) in [6, 6.07) is 0. The molecule has 0 N–H and O–H groups in total. The average molecular weight is 218 g/mol. The van der Waals surface area contributed by atoms with E-state index >= 15 is 0 Å². The van der Waals surface area contributed by atoms with E-state index in [2.05, 4.69) is 0 Å². The first kappa shape index (κ1) is 9.18. The number of halogens is 3. The van der Waals surface area contributed by atoms with E-state index in [0.717, 1.165) is 29.5 Å². The summed E-state index contributed by atoms with van der Waals surface area (Å²) in [5.74, 6) is 0. The molecule has 1 aliphatic carbocycles. The normalized spacial score (nSPS) is 39.9. The van der Waals surface area contributed by atoms with Gasteiger partial charge >= 0.3 is 0 Å². The van der Waals surface area contributed by atoms with Crippen LogP contribution < -0.4 is 0 Å². The van der Waals surface area contributed by atoms with Crippen LogP contribution in [0.15, 0.2) is 0 Å². The smallest absolute Gasteiger partial charge is 0.121 e. The fraction of sp³-hybridized carbons (Fsp3) is 1.00. The highest BCUT2D eigenvalue weighted by atomic mass is 35.5. The van der Waals surface area contributed by atoms with Crippen LogP contribution >= 0.6 is 34.8 Å². The second kappa shape index (κ2) is 2.85. The lowest BCUT2D eigenvalue weighted by molar-refractivity contribution is 0.452. The third-order valence-electron chi connectivity index (χ3n) is 2.15. The molecule has 0 aliphatic heterocycles. The van der Waals surface area contributed by atoms with Crippen molar-refractivity contribution in [2.24, 2.45) is 0 Å². The van der Waals surface area contributed by atoms with E-state index in [-0.39, 0.29) is 4.50 Å². The Morgan fingerprint density at radius 1 is 1.00 bits per heavy atom. The summed E-state index contributed by atoms with van der Waals surface area (Å²) in [6.07, 6.45) is 4.12. The Morgan fingerprint density at radius 2 is 1.50 bits per heavy atom. The monoisotopic (exact) mass is 216 g/mol. The molecule has 0 heterocycles. The Kier molecular flexibility index (Phi) is 2.62. The quantitative estimate of drug-likeness (QED) is 0.430. The minimum absolute atomic E-state index is 0.283. The van der Waals surface area contributed by atoms with E-state index in [9.17, 15) is 0 Å². The van der Waals surface area contributed by atoms with E-state index in [1.54, 1.807) is 0 Å². The van der Waals surface area contributed by atoms with Crippen molar-refractivity contribution in [3.63, 3.8) is 0 Å². The number of rotatable bonds is 0. The minimum Gasteiger partial charge on any atom is -0.121 e. The molecule has 0 aromatic heterocycles. The molecular formula is C6H11Cl3Si. The highest BCUT2D eigenvalue weighted by Gasteiger charge is 2.45. The first-order chi connectivity index (χ1) is 4.46. The lowest BCUT2D eigenvalue weighted by Crippen LogP contribution is -2.44. The molecule has 0 aromatic carbocycles. The highest BCUT2D eigenvalue weighted by Crippen LogP contribution is 2.47. The van der Waals surface area contributed by atoms with E-state index < -0.39 is 4.33 Å². The summed E-state index contributed by atoms with van der Waals surface area (Å²) in [4.78, 5) is 0. The van der Waals surface area contributed by atoms with Crippen molar-refractivity contribution in [1.29, 1.82) is 0 Å². The molecule has 1 unspecified atom stereocenters. The van der Waals surface area contributed by atoms with Gasteiger partial charge in [-0.3, -0.25) is 0 Å². The minimum atomic E-state index is -0.654. The lowest BCUT2D eigenvalue weighted by Gasteiger charge is -2.39. The molecule has 0 saturated heterocycles. The third-order valence-corrected chi connectivity index (χ3v) is 6.05. The molecular weight excluding hydrogens is 207 g/mol. The fourth-order valence-corrected chi connectivity index (χ4v) is 2.54. The van der Waals surface area contributed by atoms with Gasteiger partial charge < -0.3 is 0 Å². The summed E-state index contributed by atoms with van der Waals surface area (Å²) < 4.78 is -0.937. The molecule has 1 rings (SSSR count). The Bertz CT molecular complexity index is 117. The number of hydrogen-bond donors (Lipinski definition) is 0. The Labute approximate surface area is 79.6 Å². The molecule has 0 radical (unpaired) electrons. The zero-order valence-electron chi connectivity index (χ0n) is 5.96. The highest BCUT2D eigenvalue weighted by molar-refractivity contribution is 6.60. The molecule has 60 valence electrons. The summed E-state index contributed by atoms with van der Waals surface area (Å²) in [5.41, 5.74) is 0. The molecule has 0 bridgehead atoms. The fourth-order valence-electron chi connectivity index (χ4n) is 1.25. The van der Waals surface area contributed by atoms with Crippen molar-refractivity contribution >= 4 is 45.0 Å². The zero-order valence-corrected chi connectivity index (χ0v) is 10.2. The maximum Gasteiger partial charge on any atom is 0.133 e.